The number of azide groups is 1. The van der Waals surface area contributed by atoms with Gasteiger partial charge in [0.15, 0.2) is 0 Å². The van der Waals surface area contributed by atoms with Gasteiger partial charge in [0.2, 0.25) is 5.91 Å². The van der Waals surface area contributed by atoms with Gasteiger partial charge in [0.25, 0.3) is 0 Å². The van der Waals surface area contributed by atoms with E-state index < -0.39 is 11.8 Å². The van der Waals surface area contributed by atoms with Crippen molar-refractivity contribution in [3.05, 3.63) is 38.4 Å². The zero-order chi connectivity index (χ0) is 16.3. The number of hydrogen-bond acceptors (Lipinski definition) is 4. The molecule has 1 aliphatic rings. The van der Waals surface area contributed by atoms with E-state index >= 15 is 0 Å². The number of carbonyl (C=O) groups excluding carboxylic acids is 2. The lowest BCUT2D eigenvalue weighted by molar-refractivity contribution is -0.117. The van der Waals surface area contributed by atoms with Gasteiger partial charge in [-0.3, -0.25) is 4.79 Å². The maximum absolute atomic E-state index is 13.8. The van der Waals surface area contributed by atoms with Crippen LogP contribution in [0.4, 0.5) is 10.1 Å². The second kappa shape index (κ2) is 6.76. The molecule has 0 spiro atoms. The van der Waals surface area contributed by atoms with Gasteiger partial charge in [-0.15, -0.1) is 0 Å². The number of rotatable bonds is 4. The minimum absolute atomic E-state index is 0.0913. The third-order valence-electron chi connectivity index (χ3n) is 3.34. The van der Waals surface area contributed by atoms with Crippen LogP contribution in [-0.2, 0) is 9.53 Å². The lowest BCUT2D eigenvalue weighted by Crippen LogP contribution is -2.27. The second-order valence-electron chi connectivity index (χ2n) is 4.76. The Balaban J connectivity index is 2.39. The van der Waals surface area contributed by atoms with Crippen LogP contribution in [0.3, 0.4) is 0 Å². The average Bonchev–Trinajstić information content (AvgIpc) is 2.87. The van der Waals surface area contributed by atoms with Gasteiger partial charge in [0.05, 0.1) is 22.8 Å². The molecule has 1 aromatic carbocycles. The molecule has 7 nitrogen and oxygen atoms in total. The number of nitrogens with zero attached hydrogens (tertiary/aromatic N) is 4. The molecule has 1 amide bonds. The Morgan fingerprint density at radius 3 is 3.00 bits per heavy atom. The zero-order valence-corrected chi connectivity index (χ0v) is 13.2. The summed E-state index contributed by atoms with van der Waals surface area (Å²) in [4.78, 5) is 27.9. The van der Waals surface area contributed by atoms with Gasteiger partial charge in [-0.1, -0.05) is 5.11 Å². The maximum Gasteiger partial charge on any atom is 0.340 e. The van der Waals surface area contributed by atoms with Gasteiger partial charge in [0.1, 0.15) is 5.82 Å². The van der Waals surface area contributed by atoms with Crippen molar-refractivity contribution in [3.8, 4) is 0 Å². The predicted octanol–water partition coefficient (Wildman–Crippen LogP) is 3.04. The van der Waals surface area contributed by atoms with Crippen LogP contribution < -0.4 is 4.90 Å². The number of halogens is 2. The van der Waals surface area contributed by atoms with Crippen molar-refractivity contribution in [1.82, 2.24) is 0 Å². The first kappa shape index (κ1) is 16.3. The number of methoxy groups -OCH3 is 1. The molecule has 1 atom stereocenters. The topological polar surface area (TPSA) is 95.4 Å². The normalized spacial score (nSPS) is 17.3. The summed E-state index contributed by atoms with van der Waals surface area (Å²) in [5, 5.41) is 3.45. The van der Waals surface area contributed by atoms with Gasteiger partial charge in [-0.05, 0) is 39.5 Å². The molecule has 1 fully saturated rings. The van der Waals surface area contributed by atoms with Crippen LogP contribution in [0, 0.1) is 11.7 Å². The summed E-state index contributed by atoms with van der Waals surface area (Å²) < 4.78 is 18.6. The summed E-state index contributed by atoms with van der Waals surface area (Å²) in [5.41, 5.74) is 8.58. The molecule has 0 N–H and O–H groups in total. The molecule has 1 aromatic rings. The summed E-state index contributed by atoms with van der Waals surface area (Å²) in [7, 11) is 1.21. The standard InChI is InChI=1S/C13H12BrFN4O3/c1-22-13(21)8-3-9(14)10(15)4-11(8)19-6-7(2-12(19)20)5-17-18-16/h3-4,7H,2,5-6H2,1H3. The Hall–Kier alpha value is -2.12. The minimum atomic E-state index is -0.665. The molecule has 116 valence electrons. The summed E-state index contributed by atoms with van der Waals surface area (Å²) in [6.07, 6.45) is 0.178. The van der Waals surface area contributed by atoms with Gasteiger partial charge < -0.3 is 9.64 Å². The highest BCUT2D eigenvalue weighted by molar-refractivity contribution is 9.10. The van der Waals surface area contributed by atoms with Crippen LogP contribution in [0.2, 0.25) is 0 Å². The fourth-order valence-corrected chi connectivity index (χ4v) is 2.67. The van der Waals surface area contributed by atoms with E-state index in [1.807, 2.05) is 0 Å². The Bertz CT molecular complexity index is 675. The average molecular weight is 371 g/mol. The SMILES string of the molecule is COC(=O)c1cc(Br)c(F)cc1N1CC(CN=[N+]=[N-])CC1=O. The van der Waals surface area contributed by atoms with E-state index in [1.54, 1.807) is 0 Å². The molecular weight excluding hydrogens is 359 g/mol. The van der Waals surface area contributed by atoms with E-state index in [1.165, 1.54) is 18.1 Å². The van der Waals surface area contributed by atoms with Gasteiger partial charge in [-0.25, -0.2) is 9.18 Å². The smallest absolute Gasteiger partial charge is 0.340 e. The number of hydrogen-bond donors (Lipinski definition) is 0. The van der Waals surface area contributed by atoms with Gasteiger partial charge in [-0.2, -0.15) is 0 Å². The van der Waals surface area contributed by atoms with E-state index in [9.17, 15) is 14.0 Å². The van der Waals surface area contributed by atoms with Crippen LogP contribution in [0.1, 0.15) is 16.8 Å². The molecule has 0 saturated carbocycles. The van der Waals surface area contributed by atoms with Crippen LogP contribution >= 0.6 is 15.9 Å². The molecule has 2 rings (SSSR count). The molecular formula is C13H12BrFN4O3. The van der Waals surface area contributed by atoms with E-state index in [4.69, 9.17) is 5.53 Å². The molecule has 9 heteroatoms. The molecule has 1 aliphatic heterocycles. The van der Waals surface area contributed by atoms with E-state index in [0.717, 1.165) is 6.07 Å². The molecule has 1 unspecified atom stereocenters. The fourth-order valence-electron chi connectivity index (χ4n) is 2.32. The highest BCUT2D eigenvalue weighted by atomic mass is 79.9. The molecule has 0 aliphatic carbocycles. The lowest BCUT2D eigenvalue weighted by atomic mass is 10.1. The Kier molecular flexibility index (Phi) is 4.99. The van der Waals surface area contributed by atoms with Crippen molar-refractivity contribution in [1.29, 1.82) is 0 Å². The second-order valence-corrected chi connectivity index (χ2v) is 5.62. The van der Waals surface area contributed by atoms with Gasteiger partial charge >= 0.3 is 5.97 Å². The van der Waals surface area contributed by atoms with Crippen molar-refractivity contribution in [2.75, 3.05) is 25.1 Å². The van der Waals surface area contributed by atoms with Crippen molar-refractivity contribution >= 4 is 33.5 Å². The quantitative estimate of drug-likeness (QED) is 0.352. The highest BCUT2D eigenvalue weighted by Gasteiger charge is 2.33. The number of ether oxygens (including phenoxy) is 1. The third kappa shape index (κ3) is 3.20. The van der Waals surface area contributed by atoms with E-state index in [0.29, 0.717) is 0 Å². The van der Waals surface area contributed by atoms with Crippen molar-refractivity contribution in [3.63, 3.8) is 0 Å². The van der Waals surface area contributed by atoms with Crippen LogP contribution in [0.15, 0.2) is 21.7 Å². The Morgan fingerprint density at radius 2 is 2.36 bits per heavy atom. The fraction of sp³-hybridized carbons (Fsp3) is 0.385. The monoisotopic (exact) mass is 370 g/mol. The van der Waals surface area contributed by atoms with Gasteiger partial charge in [0, 0.05) is 24.4 Å². The van der Waals surface area contributed by atoms with Crippen molar-refractivity contribution in [2.45, 2.75) is 6.42 Å². The molecule has 0 aromatic heterocycles. The number of esters is 1. The van der Waals surface area contributed by atoms with Crippen LogP contribution in [-0.4, -0.2) is 32.1 Å². The summed E-state index contributed by atoms with van der Waals surface area (Å²) in [5.74, 6) is -1.68. The van der Waals surface area contributed by atoms with Crippen LogP contribution in [0.25, 0.3) is 10.4 Å². The number of benzene rings is 1. The number of carbonyl (C=O) groups is 2. The number of anilines is 1. The lowest BCUT2D eigenvalue weighted by Gasteiger charge is -2.20. The molecule has 1 saturated heterocycles. The van der Waals surface area contributed by atoms with E-state index in [2.05, 4.69) is 30.7 Å². The first-order chi connectivity index (χ1) is 10.5. The zero-order valence-electron chi connectivity index (χ0n) is 11.6. The minimum Gasteiger partial charge on any atom is -0.465 e. The first-order valence-electron chi connectivity index (χ1n) is 6.36. The molecule has 1 heterocycles. The Morgan fingerprint density at radius 1 is 1.64 bits per heavy atom. The molecule has 0 bridgehead atoms. The maximum atomic E-state index is 13.8. The highest BCUT2D eigenvalue weighted by Crippen LogP contribution is 2.32. The summed E-state index contributed by atoms with van der Waals surface area (Å²) >= 11 is 3.01. The van der Waals surface area contributed by atoms with Crippen molar-refractivity contribution in [2.24, 2.45) is 11.0 Å². The molecule has 0 radical (unpaired) electrons. The van der Waals surface area contributed by atoms with Crippen LogP contribution in [0.5, 0.6) is 0 Å². The van der Waals surface area contributed by atoms with Crippen molar-refractivity contribution < 1.29 is 18.7 Å². The summed E-state index contributed by atoms with van der Waals surface area (Å²) in [6.45, 7) is 0.425. The predicted molar refractivity (Wildman–Crippen MR) is 79.9 cm³/mol. The van der Waals surface area contributed by atoms with E-state index in [-0.39, 0.29) is 47.1 Å². The Labute approximate surface area is 133 Å². The largest absolute Gasteiger partial charge is 0.465 e. The summed E-state index contributed by atoms with van der Waals surface area (Å²) in [6, 6.07) is 2.40. The molecule has 22 heavy (non-hydrogen) atoms. The third-order valence-corrected chi connectivity index (χ3v) is 3.95. The number of amides is 1. The first-order valence-corrected chi connectivity index (χ1v) is 7.15.